The third-order valence-corrected chi connectivity index (χ3v) is 6.68. The first-order chi connectivity index (χ1) is 13.3. The quantitative estimate of drug-likeness (QED) is 0.631. The van der Waals surface area contributed by atoms with Crippen LogP contribution in [0.1, 0.15) is 16.1 Å². The van der Waals surface area contributed by atoms with Gasteiger partial charge in [0, 0.05) is 54.0 Å². The number of hydrogen-bond acceptors (Lipinski definition) is 7. The van der Waals surface area contributed by atoms with Gasteiger partial charge in [0.1, 0.15) is 5.01 Å². The number of aromatic nitrogens is 3. The van der Waals surface area contributed by atoms with Crippen LogP contribution >= 0.6 is 22.9 Å². The third-order valence-electron chi connectivity index (χ3n) is 4.50. The molecular weight excluding hydrogens is 420 g/mol. The maximum absolute atomic E-state index is 12.3. The SMILES string of the molecule is CS(=O)(=O)c1nc2c(c(=O)[nH]1)CN(Cc1cnc(-c3ccc(Cl)cc3)s1)CC2. The molecule has 0 atom stereocenters. The van der Waals surface area contributed by atoms with Gasteiger partial charge >= 0.3 is 0 Å². The van der Waals surface area contributed by atoms with Gasteiger partial charge in [-0.05, 0) is 12.1 Å². The number of nitrogens with zero attached hydrogens (tertiary/aromatic N) is 3. The molecule has 4 rings (SSSR count). The number of H-pyrrole nitrogens is 1. The van der Waals surface area contributed by atoms with Crippen LogP contribution in [0.2, 0.25) is 5.02 Å². The molecular formula is C18H17ClN4O3S2. The van der Waals surface area contributed by atoms with E-state index in [1.165, 1.54) is 0 Å². The number of hydrogen-bond donors (Lipinski definition) is 1. The fourth-order valence-corrected chi connectivity index (χ4v) is 4.74. The zero-order valence-corrected chi connectivity index (χ0v) is 17.4. The highest BCUT2D eigenvalue weighted by Crippen LogP contribution is 2.28. The predicted octanol–water partition coefficient (Wildman–Crippen LogP) is 2.51. The predicted molar refractivity (Wildman–Crippen MR) is 108 cm³/mol. The second kappa shape index (κ2) is 7.40. The molecule has 0 radical (unpaired) electrons. The molecule has 3 heterocycles. The number of halogens is 1. The molecule has 7 nitrogen and oxygen atoms in total. The van der Waals surface area contributed by atoms with Gasteiger partial charge in [0.15, 0.2) is 0 Å². The average molecular weight is 437 g/mol. The minimum Gasteiger partial charge on any atom is -0.297 e. The van der Waals surface area contributed by atoms with Crippen molar-refractivity contribution in [2.24, 2.45) is 0 Å². The molecule has 0 amide bonds. The number of fused-ring (bicyclic) bond motifs is 1. The zero-order chi connectivity index (χ0) is 19.9. The normalized spacial score (nSPS) is 14.8. The Kier molecular flexibility index (Phi) is 5.09. The van der Waals surface area contributed by atoms with Crippen molar-refractivity contribution in [3.8, 4) is 10.6 Å². The van der Waals surface area contributed by atoms with Crippen molar-refractivity contribution in [1.29, 1.82) is 0 Å². The van der Waals surface area contributed by atoms with E-state index in [0.29, 0.717) is 42.3 Å². The number of nitrogens with one attached hydrogen (secondary N) is 1. The second-order valence-corrected chi connectivity index (χ2v) is 10.2. The molecule has 1 aliphatic rings. The van der Waals surface area contributed by atoms with E-state index in [1.54, 1.807) is 11.3 Å². The van der Waals surface area contributed by atoms with Crippen LogP contribution in [0, 0.1) is 0 Å². The van der Waals surface area contributed by atoms with Gasteiger partial charge in [-0.3, -0.25) is 14.7 Å². The fourth-order valence-electron chi connectivity index (χ4n) is 3.10. The van der Waals surface area contributed by atoms with Crippen LogP contribution in [-0.4, -0.2) is 41.1 Å². The summed E-state index contributed by atoms with van der Waals surface area (Å²) in [5.74, 6) is 0. The van der Waals surface area contributed by atoms with Gasteiger partial charge in [0.2, 0.25) is 15.0 Å². The molecule has 1 N–H and O–H groups in total. The van der Waals surface area contributed by atoms with Gasteiger partial charge in [0.25, 0.3) is 5.56 Å². The summed E-state index contributed by atoms with van der Waals surface area (Å²) in [6.07, 6.45) is 3.42. The zero-order valence-electron chi connectivity index (χ0n) is 15.0. The highest BCUT2D eigenvalue weighted by molar-refractivity contribution is 7.90. The molecule has 0 fully saturated rings. The van der Waals surface area contributed by atoms with Crippen LogP contribution in [-0.2, 0) is 29.3 Å². The Labute approximate surface area is 171 Å². The van der Waals surface area contributed by atoms with E-state index in [-0.39, 0.29) is 10.7 Å². The highest BCUT2D eigenvalue weighted by atomic mass is 35.5. The largest absolute Gasteiger partial charge is 0.297 e. The Morgan fingerprint density at radius 3 is 2.75 bits per heavy atom. The lowest BCUT2D eigenvalue weighted by molar-refractivity contribution is 0.243. The Balaban J connectivity index is 1.51. The number of thiazole rings is 1. The standard InChI is InChI=1S/C18H17ClN4O3S2/c1-28(25,26)18-21-15-6-7-23(10-14(15)16(24)22-18)9-13-8-20-17(27-13)11-2-4-12(19)5-3-11/h2-5,8H,6-7,9-10H2,1H3,(H,21,22,24). The number of sulfone groups is 1. The molecule has 0 unspecified atom stereocenters. The Bertz CT molecular complexity index is 1190. The summed E-state index contributed by atoms with van der Waals surface area (Å²) in [6.45, 7) is 1.79. The van der Waals surface area contributed by atoms with Crippen molar-refractivity contribution >= 4 is 32.8 Å². The van der Waals surface area contributed by atoms with Gasteiger partial charge in [-0.2, -0.15) is 0 Å². The smallest absolute Gasteiger partial charge is 0.256 e. The lowest BCUT2D eigenvalue weighted by Gasteiger charge is -2.26. The van der Waals surface area contributed by atoms with E-state index < -0.39 is 9.84 Å². The van der Waals surface area contributed by atoms with Gasteiger partial charge in [-0.15, -0.1) is 11.3 Å². The lowest BCUT2D eigenvalue weighted by Crippen LogP contribution is -2.35. The van der Waals surface area contributed by atoms with Gasteiger partial charge < -0.3 is 0 Å². The van der Waals surface area contributed by atoms with Gasteiger partial charge in [-0.1, -0.05) is 23.7 Å². The third kappa shape index (κ3) is 4.02. The first kappa shape index (κ1) is 19.3. The highest BCUT2D eigenvalue weighted by Gasteiger charge is 2.24. The number of rotatable bonds is 4. The molecule has 0 aliphatic carbocycles. The molecule has 1 aromatic carbocycles. The summed E-state index contributed by atoms with van der Waals surface area (Å²) in [7, 11) is -3.54. The van der Waals surface area contributed by atoms with Crippen LogP contribution in [0.4, 0.5) is 0 Å². The molecule has 0 spiro atoms. The summed E-state index contributed by atoms with van der Waals surface area (Å²) >= 11 is 7.53. The summed E-state index contributed by atoms with van der Waals surface area (Å²) in [5.41, 5.74) is 1.72. The van der Waals surface area contributed by atoms with E-state index in [2.05, 4.69) is 19.9 Å². The van der Waals surface area contributed by atoms with Gasteiger partial charge in [0.05, 0.1) is 11.3 Å². The molecule has 10 heteroatoms. The first-order valence-corrected chi connectivity index (χ1v) is 11.6. The molecule has 0 bridgehead atoms. The van der Waals surface area contributed by atoms with E-state index in [0.717, 1.165) is 21.7 Å². The van der Waals surface area contributed by atoms with Crippen molar-refractivity contribution < 1.29 is 8.42 Å². The Morgan fingerprint density at radius 1 is 1.29 bits per heavy atom. The summed E-state index contributed by atoms with van der Waals surface area (Å²) in [5, 5.41) is 1.34. The molecule has 0 saturated carbocycles. The van der Waals surface area contributed by atoms with Crippen molar-refractivity contribution in [2.45, 2.75) is 24.7 Å². The van der Waals surface area contributed by atoms with Crippen molar-refractivity contribution in [1.82, 2.24) is 19.9 Å². The van der Waals surface area contributed by atoms with Crippen LogP contribution in [0.25, 0.3) is 10.6 Å². The van der Waals surface area contributed by atoms with E-state index in [9.17, 15) is 13.2 Å². The van der Waals surface area contributed by atoms with Crippen LogP contribution in [0.5, 0.6) is 0 Å². The average Bonchev–Trinajstić information content (AvgIpc) is 3.10. The van der Waals surface area contributed by atoms with Crippen molar-refractivity contribution in [2.75, 3.05) is 12.8 Å². The van der Waals surface area contributed by atoms with E-state index >= 15 is 0 Å². The summed E-state index contributed by atoms with van der Waals surface area (Å²) in [6, 6.07) is 7.55. The lowest BCUT2D eigenvalue weighted by atomic mass is 10.1. The minimum atomic E-state index is -3.54. The number of benzene rings is 1. The van der Waals surface area contributed by atoms with Crippen molar-refractivity contribution in [3.05, 3.63) is 62.0 Å². The molecule has 2 aromatic heterocycles. The monoisotopic (exact) mass is 436 g/mol. The second-order valence-electron chi connectivity index (χ2n) is 6.67. The minimum absolute atomic E-state index is 0.264. The summed E-state index contributed by atoms with van der Waals surface area (Å²) < 4.78 is 23.3. The van der Waals surface area contributed by atoms with Crippen LogP contribution < -0.4 is 5.56 Å². The molecule has 0 saturated heterocycles. The fraction of sp³-hybridized carbons (Fsp3) is 0.278. The van der Waals surface area contributed by atoms with Crippen LogP contribution in [0.3, 0.4) is 0 Å². The maximum atomic E-state index is 12.3. The molecule has 3 aromatic rings. The molecule has 28 heavy (non-hydrogen) atoms. The molecule has 1 aliphatic heterocycles. The summed E-state index contributed by atoms with van der Waals surface area (Å²) in [4.78, 5) is 26.6. The van der Waals surface area contributed by atoms with Crippen molar-refractivity contribution in [3.63, 3.8) is 0 Å². The molecule has 146 valence electrons. The topological polar surface area (TPSA) is 96.0 Å². The van der Waals surface area contributed by atoms with Gasteiger partial charge in [-0.25, -0.2) is 18.4 Å². The van der Waals surface area contributed by atoms with E-state index in [4.69, 9.17) is 11.6 Å². The van der Waals surface area contributed by atoms with Crippen LogP contribution in [0.15, 0.2) is 40.4 Å². The Hall–Kier alpha value is -2.07. The van der Waals surface area contributed by atoms with E-state index in [1.807, 2.05) is 30.5 Å². The first-order valence-electron chi connectivity index (χ1n) is 8.55. The maximum Gasteiger partial charge on any atom is 0.256 e. The number of aromatic amines is 1. The Morgan fingerprint density at radius 2 is 2.04 bits per heavy atom.